The summed E-state index contributed by atoms with van der Waals surface area (Å²) in [7, 11) is -3.67. The highest BCUT2D eigenvalue weighted by Crippen LogP contribution is 2.33. The number of Topliss-reactive ketones (excluding diaryl/α,β-unsaturated/α-hetero) is 1. The van der Waals surface area contributed by atoms with E-state index in [9.17, 15) is 18.0 Å². The van der Waals surface area contributed by atoms with Crippen molar-refractivity contribution in [1.82, 2.24) is 4.31 Å². The van der Waals surface area contributed by atoms with Crippen molar-refractivity contribution in [3.8, 4) is 0 Å². The minimum absolute atomic E-state index is 0.0106. The van der Waals surface area contributed by atoms with Gasteiger partial charge in [-0.25, -0.2) is 8.42 Å². The molecule has 2 aliphatic rings. The normalized spacial score (nSPS) is 16.7. The maximum atomic E-state index is 13.5. The van der Waals surface area contributed by atoms with Crippen LogP contribution in [0.1, 0.15) is 24.5 Å². The van der Waals surface area contributed by atoms with Crippen molar-refractivity contribution in [3.63, 3.8) is 0 Å². The lowest BCUT2D eigenvalue weighted by molar-refractivity contribution is -0.126. The summed E-state index contributed by atoms with van der Waals surface area (Å²) >= 11 is 6.12. The molecule has 3 aromatic carbocycles. The Hall–Kier alpha value is -3.20. The van der Waals surface area contributed by atoms with Gasteiger partial charge in [0.25, 0.3) is 0 Å². The monoisotopic (exact) mass is 565 g/mol. The van der Waals surface area contributed by atoms with Gasteiger partial charge >= 0.3 is 0 Å². The van der Waals surface area contributed by atoms with Crippen molar-refractivity contribution in [3.05, 3.63) is 88.9 Å². The van der Waals surface area contributed by atoms with Crippen LogP contribution in [-0.4, -0.2) is 57.1 Å². The van der Waals surface area contributed by atoms with E-state index in [1.807, 2.05) is 54.6 Å². The highest BCUT2D eigenvalue weighted by molar-refractivity contribution is 7.89. The maximum absolute atomic E-state index is 13.5. The number of amides is 1. The third-order valence-electron chi connectivity index (χ3n) is 7.62. The lowest BCUT2D eigenvalue weighted by Crippen LogP contribution is -2.48. The maximum Gasteiger partial charge on any atom is 0.243 e. The molecule has 2 heterocycles. The number of ketones is 1. The Labute approximate surface area is 235 Å². The molecule has 0 radical (unpaired) electrons. The summed E-state index contributed by atoms with van der Waals surface area (Å²) in [5.74, 6) is -0.518. The number of sulfonamides is 1. The molecule has 0 saturated carbocycles. The number of rotatable bonds is 8. The fraction of sp³-hybridized carbons (Fsp3) is 0.333. The van der Waals surface area contributed by atoms with E-state index in [1.165, 1.54) is 11.2 Å². The van der Waals surface area contributed by atoms with Gasteiger partial charge in [-0.3, -0.25) is 9.59 Å². The Balaban J connectivity index is 1.25. The standard InChI is InChI=1S/C30H32ClN3O4S/c1-22(35)25(18-23-6-3-2-4-7-23)20-30(36)34-13-12-24-19-28(10-11-29(24)34)39(37,38)33-16-14-32(15-17-33)27-9-5-8-26(31)21-27/h2-11,19,21,25H,12-18,20H2,1H3. The van der Waals surface area contributed by atoms with E-state index >= 15 is 0 Å². The van der Waals surface area contributed by atoms with Gasteiger partial charge in [0.1, 0.15) is 5.78 Å². The van der Waals surface area contributed by atoms with Crippen molar-refractivity contribution in [1.29, 1.82) is 0 Å². The molecule has 1 amide bonds. The quantitative estimate of drug-likeness (QED) is 0.400. The number of piperazine rings is 1. The van der Waals surface area contributed by atoms with Crippen LogP contribution in [0.15, 0.2) is 77.7 Å². The van der Waals surface area contributed by atoms with Gasteiger partial charge in [0, 0.05) is 61.5 Å². The zero-order valence-corrected chi connectivity index (χ0v) is 23.5. The summed E-state index contributed by atoms with van der Waals surface area (Å²) in [6, 6.07) is 22.3. The van der Waals surface area contributed by atoms with Crippen LogP contribution in [-0.2, 0) is 32.5 Å². The summed E-state index contributed by atoms with van der Waals surface area (Å²) in [5.41, 5.74) is 3.57. The topological polar surface area (TPSA) is 78.0 Å². The first kappa shape index (κ1) is 27.4. The van der Waals surface area contributed by atoms with E-state index in [4.69, 9.17) is 11.6 Å². The first-order chi connectivity index (χ1) is 18.7. The molecular weight excluding hydrogens is 534 g/mol. The van der Waals surface area contributed by atoms with Gasteiger partial charge in [0.05, 0.1) is 4.90 Å². The van der Waals surface area contributed by atoms with Crippen molar-refractivity contribution in [2.45, 2.75) is 31.1 Å². The molecule has 1 unspecified atom stereocenters. The van der Waals surface area contributed by atoms with Crippen LogP contribution in [0.3, 0.4) is 0 Å². The number of nitrogens with zero attached hydrogens (tertiary/aromatic N) is 3. The van der Waals surface area contributed by atoms with Crippen molar-refractivity contribution >= 4 is 44.7 Å². The molecule has 1 fully saturated rings. The van der Waals surface area contributed by atoms with E-state index in [0.29, 0.717) is 50.6 Å². The van der Waals surface area contributed by atoms with Gasteiger partial charge in [0.15, 0.2) is 0 Å². The molecule has 1 saturated heterocycles. The fourth-order valence-corrected chi connectivity index (χ4v) is 7.04. The molecule has 9 heteroatoms. The minimum Gasteiger partial charge on any atom is -0.369 e. The van der Waals surface area contributed by atoms with E-state index in [2.05, 4.69) is 4.90 Å². The number of fused-ring (bicyclic) bond motifs is 1. The summed E-state index contributed by atoms with van der Waals surface area (Å²) in [6.07, 6.45) is 1.22. The predicted molar refractivity (Wildman–Crippen MR) is 154 cm³/mol. The Kier molecular flexibility index (Phi) is 8.07. The largest absolute Gasteiger partial charge is 0.369 e. The van der Waals surface area contributed by atoms with Crippen LogP contribution in [0.4, 0.5) is 11.4 Å². The van der Waals surface area contributed by atoms with E-state index < -0.39 is 15.9 Å². The van der Waals surface area contributed by atoms with E-state index in [-0.39, 0.29) is 23.0 Å². The van der Waals surface area contributed by atoms with Crippen LogP contribution < -0.4 is 9.80 Å². The molecule has 39 heavy (non-hydrogen) atoms. The van der Waals surface area contributed by atoms with Gasteiger partial charge in [0.2, 0.25) is 15.9 Å². The highest BCUT2D eigenvalue weighted by atomic mass is 35.5. The van der Waals surface area contributed by atoms with Gasteiger partial charge in [-0.1, -0.05) is 48.0 Å². The van der Waals surface area contributed by atoms with Crippen LogP contribution >= 0.6 is 11.6 Å². The number of hydrogen-bond donors (Lipinski definition) is 0. The average Bonchev–Trinajstić information content (AvgIpc) is 3.37. The smallest absolute Gasteiger partial charge is 0.243 e. The number of halogens is 1. The van der Waals surface area contributed by atoms with Crippen LogP contribution in [0.5, 0.6) is 0 Å². The van der Waals surface area contributed by atoms with Gasteiger partial charge < -0.3 is 9.80 Å². The first-order valence-corrected chi connectivity index (χ1v) is 15.0. The van der Waals surface area contributed by atoms with Crippen molar-refractivity contribution in [2.75, 3.05) is 42.5 Å². The van der Waals surface area contributed by atoms with Gasteiger partial charge in [-0.05, 0) is 67.3 Å². The first-order valence-electron chi connectivity index (χ1n) is 13.2. The molecule has 5 rings (SSSR count). The number of benzene rings is 3. The van der Waals surface area contributed by atoms with E-state index in [0.717, 1.165) is 22.5 Å². The number of hydrogen-bond acceptors (Lipinski definition) is 5. The molecule has 0 N–H and O–H groups in total. The molecular formula is C30H32ClN3O4S. The second kappa shape index (κ2) is 11.5. The van der Waals surface area contributed by atoms with Crippen LogP contribution in [0, 0.1) is 5.92 Å². The zero-order chi connectivity index (χ0) is 27.6. The Morgan fingerprint density at radius 3 is 2.33 bits per heavy atom. The summed E-state index contributed by atoms with van der Waals surface area (Å²) in [6.45, 7) is 3.92. The molecule has 0 bridgehead atoms. The second-order valence-corrected chi connectivity index (χ2v) is 12.5. The minimum atomic E-state index is -3.67. The fourth-order valence-electron chi connectivity index (χ4n) is 5.39. The number of carbonyl (C=O) groups is 2. The third kappa shape index (κ3) is 6.03. The Morgan fingerprint density at radius 2 is 1.64 bits per heavy atom. The molecule has 0 spiro atoms. The Morgan fingerprint density at radius 1 is 0.897 bits per heavy atom. The van der Waals surface area contributed by atoms with Crippen molar-refractivity contribution in [2.24, 2.45) is 5.92 Å². The van der Waals surface area contributed by atoms with Gasteiger partial charge in [-0.15, -0.1) is 0 Å². The lowest BCUT2D eigenvalue weighted by Gasteiger charge is -2.35. The zero-order valence-electron chi connectivity index (χ0n) is 21.9. The Bertz CT molecular complexity index is 1470. The molecule has 7 nitrogen and oxygen atoms in total. The van der Waals surface area contributed by atoms with E-state index in [1.54, 1.807) is 23.1 Å². The molecule has 0 aliphatic carbocycles. The SMILES string of the molecule is CC(=O)C(CC(=O)N1CCc2cc(S(=O)(=O)N3CCN(c4cccc(Cl)c4)CC3)ccc21)Cc1ccccc1. The third-order valence-corrected chi connectivity index (χ3v) is 9.75. The van der Waals surface area contributed by atoms with Crippen LogP contribution in [0.25, 0.3) is 0 Å². The molecule has 0 aromatic heterocycles. The predicted octanol–water partition coefficient (Wildman–Crippen LogP) is 4.58. The second-order valence-electron chi connectivity index (χ2n) is 10.2. The van der Waals surface area contributed by atoms with Crippen molar-refractivity contribution < 1.29 is 18.0 Å². The molecule has 3 aromatic rings. The van der Waals surface area contributed by atoms with Crippen LogP contribution in [0.2, 0.25) is 5.02 Å². The summed E-state index contributed by atoms with van der Waals surface area (Å²) in [5, 5.41) is 0.654. The highest BCUT2D eigenvalue weighted by Gasteiger charge is 2.32. The molecule has 1 atom stereocenters. The summed E-state index contributed by atoms with van der Waals surface area (Å²) < 4.78 is 28.4. The molecule has 2 aliphatic heterocycles. The van der Waals surface area contributed by atoms with Gasteiger partial charge in [-0.2, -0.15) is 4.31 Å². The summed E-state index contributed by atoms with van der Waals surface area (Å²) in [4.78, 5) is 29.6. The lowest BCUT2D eigenvalue weighted by atomic mass is 9.92. The number of anilines is 2. The average molecular weight is 566 g/mol. The molecule has 204 valence electrons. The number of carbonyl (C=O) groups excluding carboxylic acids is 2.